The van der Waals surface area contributed by atoms with Crippen LogP contribution in [0.2, 0.25) is 18.1 Å². The van der Waals surface area contributed by atoms with E-state index >= 15 is 0 Å². The van der Waals surface area contributed by atoms with E-state index in [4.69, 9.17) is 9.53 Å². The molecule has 4 heteroatoms. The molecule has 0 atom stereocenters. The molecule has 21 heavy (non-hydrogen) atoms. The number of aliphatic hydroxyl groups is 1. The van der Waals surface area contributed by atoms with Crippen LogP contribution in [0.3, 0.4) is 0 Å². The number of aliphatic hydroxyl groups excluding tert-OH is 1. The highest BCUT2D eigenvalue weighted by Gasteiger charge is 2.36. The molecule has 3 nitrogen and oxygen atoms in total. The minimum Gasteiger partial charge on any atom is -0.413 e. The number of benzene rings is 1. The van der Waals surface area contributed by atoms with Crippen molar-refractivity contribution in [3.63, 3.8) is 0 Å². The first-order chi connectivity index (χ1) is 9.74. The standard InChI is InChI=1S/C17H27NO2Si/c1-17(2,3)21(4,5)20-12-13-6-7-16-15(10-13)14(8-9-19)11-18-16/h6-7,10-11,18-19H,8-9,12H2,1-5H3. The van der Waals surface area contributed by atoms with Crippen LogP contribution in [0.1, 0.15) is 31.9 Å². The molecule has 2 aromatic rings. The summed E-state index contributed by atoms with van der Waals surface area (Å²) in [5.74, 6) is 0. The molecule has 2 N–H and O–H groups in total. The Morgan fingerprint density at radius 3 is 2.57 bits per heavy atom. The summed E-state index contributed by atoms with van der Waals surface area (Å²) in [4.78, 5) is 3.25. The van der Waals surface area contributed by atoms with E-state index in [0.29, 0.717) is 13.0 Å². The van der Waals surface area contributed by atoms with E-state index in [2.05, 4.69) is 57.0 Å². The van der Waals surface area contributed by atoms with Gasteiger partial charge in [0.25, 0.3) is 0 Å². The van der Waals surface area contributed by atoms with Gasteiger partial charge in [-0.25, -0.2) is 0 Å². The van der Waals surface area contributed by atoms with Crippen LogP contribution in [0.4, 0.5) is 0 Å². The third-order valence-electron chi connectivity index (χ3n) is 4.62. The van der Waals surface area contributed by atoms with Crippen molar-refractivity contribution in [3.05, 3.63) is 35.5 Å². The highest BCUT2D eigenvalue weighted by molar-refractivity contribution is 6.74. The zero-order chi connectivity index (χ0) is 15.7. The highest BCUT2D eigenvalue weighted by atomic mass is 28.4. The summed E-state index contributed by atoms with van der Waals surface area (Å²) in [6, 6.07) is 6.40. The Hall–Kier alpha value is -1.10. The molecule has 116 valence electrons. The van der Waals surface area contributed by atoms with E-state index in [9.17, 15) is 0 Å². The van der Waals surface area contributed by atoms with Gasteiger partial charge in [0.2, 0.25) is 0 Å². The molecule has 0 saturated carbocycles. The fourth-order valence-corrected chi connectivity index (χ4v) is 3.08. The molecule has 0 radical (unpaired) electrons. The molecule has 0 aliphatic rings. The zero-order valence-electron chi connectivity index (χ0n) is 13.8. The summed E-state index contributed by atoms with van der Waals surface area (Å²) in [5.41, 5.74) is 3.49. The van der Waals surface area contributed by atoms with Gasteiger partial charge in [-0.2, -0.15) is 0 Å². The molecule has 0 fully saturated rings. The van der Waals surface area contributed by atoms with Gasteiger partial charge in [-0.05, 0) is 47.8 Å². The first kappa shape index (κ1) is 16.3. The maximum absolute atomic E-state index is 9.13. The lowest BCUT2D eigenvalue weighted by Gasteiger charge is -2.36. The van der Waals surface area contributed by atoms with Gasteiger partial charge in [0.1, 0.15) is 0 Å². The third-order valence-corrected chi connectivity index (χ3v) is 9.10. The van der Waals surface area contributed by atoms with E-state index < -0.39 is 8.32 Å². The van der Waals surface area contributed by atoms with Crippen molar-refractivity contribution < 1.29 is 9.53 Å². The first-order valence-electron chi connectivity index (χ1n) is 7.58. The number of fused-ring (bicyclic) bond motifs is 1. The fraction of sp³-hybridized carbons (Fsp3) is 0.529. The van der Waals surface area contributed by atoms with Gasteiger partial charge in [0.05, 0.1) is 6.61 Å². The van der Waals surface area contributed by atoms with Crippen molar-refractivity contribution in [2.75, 3.05) is 6.61 Å². The Balaban J connectivity index is 2.18. The summed E-state index contributed by atoms with van der Waals surface area (Å²) in [7, 11) is -1.72. The Kier molecular flexibility index (Phi) is 4.61. The SMILES string of the molecule is CC(C)(C)[Si](C)(C)OCc1ccc2[nH]cc(CCO)c2c1. The lowest BCUT2D eigenvalue weighted by atomic mass is 10.1. The first-order valence-corrected chi connectivity index (χ1v) is 10.5. The second-order valence-corrected chi connectivity index (χ2v) is 12.0. The largest absolute Gasteiger partial charge is 0.413 e. The maximum Gasteiger partial charge on any atom is 0.192 e. The monoisotopic (exact) mass is 305 g/mol. The van der Waals surface area contributed by atoms with Crippen molar-refractivity contribution in [1.29, 1.82) is 0 Å². The molecule has 0 aliphatic carbocycles. The second-order valence-electron chi connectivity index (χ2n) is 7.22. The van der Waals surface area contributed by atoms with Crippen LogP contribution in [0.15, 0.2) is 24.4 Å². The van der Waals surface area contributed by atoms with Gasteiger partial charge < -0.3 is 14.5 Å². The van der Waals surface area contributed by atoms with Crippen LogP contribution in [-0.4, -0.2) is 25.0 Å². The Labute approximate surface area is 128 Å². The summed E-state index contributed by atoms with van der Waals surface area (Å²) in [6.07, 6.45) is 2.67. The van der Waals surface area contributed by atoms with Gasteiger partial charge >= 0.3 is 0 Å². The molecule has 0 amide bonds. The fourth-order valence-electron chi connectivity index (χ4n) is 2.12. The maximum atomic E-state index is 9.13. The molecule has 0 spiro atoms. The number of rotatable bonds is 5. The molecule has 1 aromatic carbocycles. The van der Waals surface area contributed by atoms with Crippen molar-refractivity contribution >= 4 is 19.2 Å². The minimum absolute atomic E-state index is 0.178. The van der Waals surface area contributed by atoms with Gasteiger partial charge in [-0.3, -0.25) is 0 Å². The summed E-state index contributed by atoms with van der Waals surface area (Å²) < 4.78 is 6.28. The Bertz CT molecular complexity index is 611. The molecule has 0 unspecified atom stereocenters. The van der Waals surface area contributed by atoms with Crippen molar-refractivity contribution in [2.45, 2.75) is 51.9 Å². The summed E-state index contributed by atoms with van der Waals surface area (Å²) in [6.45, 7) is 12.2. The third kappa shape index (κ3) is 3.57. The van der Waals surface area contributed by atoms with Crippen LogP contribution in [0.25, 0.3) is 10.9 Å². The van der Waals surface area contributed by atoms with Crippen molar-refractivity contribution in [1.82, 2.24) is 4.98 Å². The molecule has 1 heterocycles. The predicted molar refractivity (Wildman–Crippen MR) is 91.1 cm³/mol. The van der Waals surface area contributed by atoms with Gasteiger partial charge in [0, 0.05) is 23.7 Å². The van der Waals surface area contributed by atoms with E-state index in [1.165, 1.54) is 16.5 Å². The molecule has 0 saturated heterocycles. The molecular formula is C17H27NO2Si. The normalized spacial score (nSPS) is 13.0. The lowest BCUT2D eigenvalue weighted by Crippen LogP contribution is -2.40. The topological polar surface area (TPSA) is 45.2 Å². The molecular weight excluding hydrogens is 278 g/mol. The second kappa shape index (κ2) is 5.95. The van der Waals surface area contributed by atoms with E-state index in [-0.39, 0.29) is 11.6 Å². The van der Waals surface area contributed by atoms with Gasteiger partial charge in [0.15, 0.2) is 8.32 Å². The number of nitrogens with one attached hydrogen (secondary N) is 1. The predicted octanol–water partition coefficient (Wildman–Crippen LogP) is 4.22. The Morgan fingerprint density at radius 1 is 1.24 bits per heavy atom. The average molecular weight is 305 g/mol. The summed E-state index contributed by atoms with van der Waals surface area (Å²) in [5, 5.41) is 10.6. The average Bonchev–Trinajstić information content (AvgIpc) is 2.78. The van der Waals surface area contributed by atoms with Crippen molar-refractivity contribution in [2.24, 2.45) is 0 Å². The molecule has 1 aromatic heterocycles. The smallest absolute Gasteiger partial charge is 0.192 e. The van der Waals surface area contributed by atoms with Crippen LogP contribution in [-0.2, 0) is 17.5 Å². The lowest BCUT2D eigenvalue weighted by molar-refractivity contribution is 0.276. The Morgan fingerprint density at radius 2 is 1.95 bits per heavy atom. The van der Waals surface area contributed by atoms with E-state index in [1.807, 2.05) is 6.20 Å². The van der Waals surface area contributed by atoms with Gasteiger partial charge in [-0.1, -0.05) is 26.8 Å². The quantitative estimate of drug-likeness (QED) is 0.812. The number of aromatic nitrogens is 1. The molecule has 0 aliphatic heterocycles. The number of hydrogen-bond donors (Lipinski definition) is 2. The molecule has 2 rings (SSSR count). The van der Waals surface area contributed by atoms with Crippen LogP contribution < -0.4 is 0 Å². The highest BCUT2D eigenvalue weighted by Crippen LogP contribution is 2.37. The van der Waals surface area contributed by atoms with Crippen LogP contribution in [0, 0.1) is 0 Å². The number of H-pyrrole nitrogens is 1. The number of hydrogen-bond acceptors (Lipinski definition) is 2. The number of aromatic amines is 1. The van der Waals surface area contributed by atoms with Crippen molar-refractivity contribution in [3.8, 4) is 0 Å². The minimum atomic E-state index is -1.72. The van der Waals surface area contributed by atoms with Crippen LogP contribution in [0.5, 0.6) is 0 Å². The molecule has 0 bridgehead atoms. The zero-order valence-corrected chi connectivity index (χ0v) is 14.8. The summed E-state index contributed by atoms with van der Waals surface area (Å²) >= 11 is 0. The van der Waals surface area contributed by atoms with Crippen LogP contribution >= 0.6 is 0 Å². The van der Waals surface area contributed by atoms with E-state index in [1.54, 1.807) is 0 Å². The van der Waals surface area contributed by atoms with E-state index in [0.717, 1.165) is 5.52 Å². The van der Waals surface area contributed by atoms with Gasteiger partial charge in [-0.15, -0.1) is 0 Å².